The number of carbonyl (C=O) groups excluding carboxylic acids is 3. The topological polar surface area (TPSA) is 150 Å². The first-order chi connectivity index (χ1) is 15.7. The smallest absolute Gasteiger partial charge is 0.325 e. The van der Waals surface area contributed by atoms with Crippen molar-refractivity contribution in [1.29, 1.82) is 0 Å². The number of rotatable bonds is 6. The molecule has 1 aliphatic carbocycles. The molecule has 3 N–H and O–H groups in total. The first-order valence-corrected chi connectivity index (χ1v) is 12.0. The Morgan fingerprint density at radius 2 is 1.88 bits per heavy atom. The minimum Gasteiger partial charge on any atom is -0.325 e. The van der Waals surface area contributed by atoms with Crippen molar-refractivity contribution in [2.45, 2.75) is 43.0 Å². The van der Waals surface area contributed by atoms with Crippen LogP contribution in [0.2, 0.25) is 0 Å². The van der Waals surface area contributed by atoms with E-state index in [0.29, 0.717) is 12.1 Å². The highest BCUT2D eigenvalue weighted by Gasteiger charge is 2.55. The molecule has 1 aromatic heterocycles. The summed E-state index contributed by atoms with van der Waals surface area (Å²) in [7, 11) is -3.91. The van der Waals surface area contributed by atoms with Gasteiger partial charge in [0.25, 0.3) is 15.9 Å². The van der Waals surface area contributed by atoms with Crippen molar-refractivity contribution < 1.29 is 22.8 Å². The van der Waals surface area contributed by atoms with E-state index in [1.54, 1.807) is 6.07 Å². The fraction of sp³-hybridized carbons (Fsp3) is 0.381. The van der Waals surface area contributed by atoms with Crippen LogP contribution in [0.3, 0.4) is 0 Å². The van der Waals surface area contributed by atoms with Gasteiger partial charge in [0, 0.05) is 18.1 Å². The average molecular weight is 473 g/mol. The number of sulfonamides is 1. The number of nitrogens with zero attached hydrogens (tertiary/aromatic N) is 3. The average Bonchev–Trinajstić information content (AvgIpc) is 3.01. The van der Waals surface area contributed by atoms with Gasteiger partial charge in [0.15, 0.2) is 0 Å². The lowest BCUT2D eigenvalue weighted by Crippen LogP contribution is -2.54. The van der Waals surface area contributed by atoms with Crippen LogP contribution >= 0.6 is 0 Å². The molecule has 2 heterocycles. The molecule has 2 atom stereocenters. The molecule has 33 heavy (non-hydrogen) atoms. The molecular weight excluding hydrogens is 448 g/mol. The SMILES string of the molecule is C[C@@H]1CCCC[C@@]12NC(=O)N(CC(=O)Nc1ccc(S(=O)(=O)Nc3ncccn3)cc1)C2=O. The predicted molar refractivity (Wildman–Crippen MR) is 119 cm³/mol. The molecule has 0 bridgehead atoms. The molecular formula is C21H24N6O5S. The van der Waals surface area contributed by atoms with Gasteiger partial charge in [-0.3, -0.25) is 14.5 Å². The minimum atomic E-state index is -3.91. The fourth-order valence-corrected chi connectivity index (χ4v) is 5.19. The zero-order chi connectivity index (χ0) is 23.6. The second-order valence-corrected chi connectivity index (χ2v) is 9.87. The van der Waals surface area contributed by atoms with Crippen molar-refractivity contribution in [3.63, 3.8) is 0 Å². The molecule has 2 aliphatic rings. The molecule has 1 saturated carbocycles. The van der Waals surface area contributed by atoms with E-state index >= 15 is 0 Å². The van der Waals surface area contributed by atoms with Crippen molar-refractivity contribution in [1.82, 2.24) is 20.2 Å². The first-order valence-electron chi connectivity index (χ1n) is 10.6. The van der Waals surface area contributed by atoms with Crippen molar-refractivity contribution >= 4 is 39.5 Å². The van der Waals surface area contributed by atoms with Crippen LogP contribution in [0.4, 0.5) is 16.4 Å². The number of urea groups is 1. The van der Waals surface area contributed by atoms with Crippen LogP contribution in [0.25, 0.3) is 0 Å². The van der Waals surface area contributed by atoms with Gasteiger partial charge >= 0.3 is 6.03 Å². The second kappa shape index (κ2) is 8.77. The van der Waals surface area contributed by atoms with Crippen molar-refractivity contribution in [3.8, 4) is 0 Å². The van der Waals surface area contributed by atoms with E-state index in [1.165, 1.54) is 36.7 Å². The second-order valence-electron chi connectivity index (χ2n) is 8.19. The summed E-state index contributed by atoms with van der Waals surface area (Å²) in [5.74, 6) is -0.996. The lowest BCUT2D eigenvalue weighted by atomic mass is 9.73. The molecule has 0 unspecified atom stereocenters. The van der Waals surface area contributed by atoms with Crippen LogP contribution in [-0.2, 0) is 19.6 Å². The summed E-state index contributed by atoms with van der Waals surface area (Å²) in [4.78, 5) is 46.4. The number of aromatic nitrogens is 2. The lowest BCUT2D eigenvalue weighted by molar-refractivity contribution is -0.136. The molecule has 0 radical (unpaired) electrons. The van der Waals surface area contributed by atoms with Gasteiger partial charge in [-0.15, -0.1) is 0 Å². The van der Waals surface area contributed by atoms with Gasteiger partial charge in [-0.05, 0) is 49.1 Å². The van der Waals surface area contributed by atoms with Crippen LogP contribution in [0.1, 0.15) is 32.6 Å². The standard InChI is InChI=1S/C21H24N6O5S/c1-14-5-2-3-10-21(14)18(29)27(20(30)25-21)13-17(28)24-15-6-8-16(9-7-15)33(31,32)26-19-22-11-4-12-23-19/h4,6-9,11-12,14H,2-3,5,10,13H2,1H3,(H,24,28)(H,25,30)(H,22,23,26)/t14-,21-/m1/s1. The molecule has 4 rings (SSSR count). The highest BCUT2D eigenvalue weighted by atomic mass is 32.2. The Kier molecular flexibility index (Phi) is 6.02. The molecule has 1 aliphatic heterocycles. The van der Waals surface area contributed by atoms with Crippen LogP contribution < -0.4 is 15.4 Å². The Morgan fingerprint density at radius 1 is 1.18 bits per heavy atom. The number of benzene rings is 1. The van der Waals surface area contributed by atoms with E-state index in [1.807, 2.05) is 6.92 Å². The van der Waals surface area contributed by atoms with Gasteiger partial charge in [0.1, 0.15) is 12.1 Å². The number of amides is 4. The van der Waals surface area contributed by atoms with Gasteiger partial charge in [-0.2, -0.15) is 0 Å². The number of hydrogen-bond acceptors (Lipinski definition) is 7. The molecule has 1 spiro atoms. The van der Waals surface area contributed by atoms with Crippen LogP contribution in [0.5, 0.6) is 0 Å². The zero-order valence-electron chi connectivity index (χ0n) is 17.9. The molecule has 2 fully saturated rings. The van der Waals surface area contributed by atoms with E-state index in [4.69, 9.17) is 0 Å². The number of nitrogens with one attached hydrogen (secondary N) is 3. The normalized spacial score (nSPS) is 22.8. The Balaban J connectivity index is 1.39. The van der Waals surface area contributed by atoms with Gasteiger partial charge in [0.05, 0.1) is 4.90 Å². The summed E-state index contributed by atoms with van der Waals surface area (Å²) >= 11 is 0. The summed E-state index contributed by atoms with van der Waals surface area (Å²) in [6.07, 6.45) is 6.07. The van der Waals surface area contributed by atoms with Gasteiger partial charge in [-0.25, -0.2) is 27.9 Å². The monoisotopic (exact) mass is 472 g/mol. The summed E-state index contributed by atoms with van der Waals surface area (Å²) in [5.41, 5.74) is -0.608. The highest BCUT2D eigenvalue weighted by molar-refractivity contribution is 7.92. The van der Waals surface area contributed by atoms with Crippen molar-refractivity contribution in [3.05, 3.63) is 42.7 Å². The Labute approximate surface area is 191 Å². The third-order valence-corrected chi connectivity index (χ3v) is 7.39. The lowest BCUT2D eigenvalue weighted by Gasteiger charge is -2.36. The Morgan fingerprint density at radius 3 is 2.55 bits per heavy atom. The molecule has 2 aromatic rings. The molecule has 4 amide bonds. The zero-order valence-corrected chi connectivity index (χ0v) is 18.8. The number of anilines is 2. The van der Waals surface area contributed by atoms with Crippen LogP contribution in [0, 0.1) is 5.92 Å². The van der Waals surface area contributed by atoms with E-state index < -0.39 is 34.0 Å². The first kappa shape index (κ1) is 22.6. The summed E-state index contributed by atoms with van der Waals surface area (Å²) in [6, 6.07) is 6.44. The fourth-order valence-electron chi connectivity index (χ4n) is 4.23. The maximum Gasteiger partial charge on any atom is 0.325 e. The van der Waals surface area contributed by atoms with E-state index in [-0.39, 0.29) is 22.7 Å². The minimum absolute atomic E-state index is 0.000139. The van der Waals surface area contributed by atoms with Gasteiger partial charge in [0.2, 0.25) is 11.9 Å². The predicted octanol–water partition coefficient (Wildman–Crippen LogP) is 1.72. The summed E-state index contributed by atoms with van der Waals surface area (Å²) < 4.78 is 27.1. The quantitative estimate of drug-likeness (QED) is 0.542. The molecule has 1 saturated heterocycles. The van der Waals surface area contributed by atoms with Crippen molar-refractivity contribution in [2.24, 2.45) is 5.92 Å². The Bertz CT molecular complexity index is 1170. The van der Waals surface area contributed by atoms with E-state index in [9.17, 15) is 22.8 Å². The largest absolute Gasteiger partial charge is 0.325 e. The maximum atomic E-state index is 13.0. The molecule has 174 valence electrons. The number of hydrogen-bond donors (Lipinski definition) is 3. The van der Waals surface area contributed by atoms with Crippen molar-refractivity contribution in [2.75, 3.05) is 16.6 Å². The van der Waals surface area contributed by atoms with E-state index in [2.05, 4.69) is 25.3 Å². The molecule has 1 aromatic carbocycles. The third kappa shape index (κ3) is 4.51. The molecule has 11 nitrogen and oxygen atoms in total. The highest BCUT2D eigenvalue weighted by Crippen LogP contribution is 2.38. The Hall–Kier alpha value is -3.54. The molecule has 12 heteroatoms. The van der Waals surface area contributed by atoms with Crippen LogP contribution in [0.15, 0.2) is 47.6 Å². The van der Waals surface area contributed by atoms with Gasteiger partial charge in [-0.1, -0.05) is 19.8 Å². The van der Waals surface area contributed by atoms with Crippen LogP contribution in [-0.4, -0.2) is 53.2 Å². The maximum absolute atomic E-state index is 13.0. The third-order valence-electron chi connectivity index (χ3n) is 6.04. The van der Waals surface area contributed by atoms with E-state index in [0.717, 1.165) is 24.2 Å². The number of carbonyl (C=O) groups is 3. The van der Waals surface area contributed by atoms with Gasteiger partial charge < -0.3 is 10.6 Å². The summed E-state index contributed by atoms with van der Waals surface area (Å²) in [6.45, 7) is 1.52. The summed E-state index contributed by atoms with van der Waals surface area (Å²) in [5, 5.41) is 5.39. The number of imide groups is 1.